The number of benzene rings is 3. The van der Waals surface area contributed by atoms with Crippen LogP contribution in [-0.4, -0.2) is 48.5 Å². The molecule has 4 aromatic rings. The number of alkyl carbamates (subject to hydrolysis) is 1. The van der Waals surface area contributed by atoms with Crippen LogP contribution in [-0.2, 0) is 16.1 Å². The minimum atomic E-state index is -0.389. The Labute approximate surface area is 285 Å². The van der Waals surface area contributed by atoms with Crippen LogP contribution in [0.15, 0.2) is 66.7 Å². The summed E-state index contributed by atoms with van der Waals surface area (Å²) in [6.07, 6.45) is 4.68. The Morgan fingerprint density at radius 3 is 2.19 bits per heavy atom. The van der Waals surface area contributed by atoms with Crippen LogP contribution in [0.3, 0.4) is 0 Å². The minimum absolute atomic E-state index is 0.0435. The van der Waals surface area contributed by atoms with E-state index < -0.39 is 0 Å². The van der Waals surface area contributed by atoms with Crippen LogP contribution in [0.1, 0.15) is 75.0 Å². The summed E-state index contributed by atoms with van der Waals surface area (Å²) in [5.74, 6) is -0.518. The van der Waals surface area contributed by atoms with Crippen molar-refractivity contribution in [3.8, 4) is 11.1 Å². The maximum absolute atomic E-state index is 15.2. The molecule has 0 aliphatic heterocycles. The first-order chi connectivity index (χ1) is 22.3. The Morgan fingerprint density at radius 2 is 1.62 bits per heavy atom. The van der Waals surface area contributed by atoms with E-state index in [0.717, 1.165) is 59.0 Å². The largest absolute Gasteiger partial charge is 0.444 e. The molecular weight excluding hydrogens is 637 g/mol. The molecule has 1 N–H and O–H groups in total. The number of hydrogen-bond donors (Lipinski definition) is 1. The summed E-state index contributed by atoms with van der Waals surface area (Å²) in [7, 11) is 3.26. The molecule has 47 heavy (non-hydrogen) atoms. The van der Waals surface area contributed by atoms with Crippen molar-refractivity contribution in [2.24, 2.45) is 0 Å². The smallest absolute Gasteiger partial charge is 0.407 e. The molecule has 250 valence electrons. The van der Waals surface area contributed by atoms with Crippen LogP contribution in [0.2, 0.25) is 5.02 Å². The molecule has 1 heterocycles. The summed E-state index contributed by atoms with van der Waals surface area (Å²) < 4.78 is 21.0. The van der Waals surface area contributed by atoms with Gasteiger partial charge in [-0.3, -0.25) is 9.59 Å². The number of nitrogens with zero attached hydrogens (tertiary/aromatic N) is 2. The fraction of sp³-hybridized carbons (Fsp3) is 0.378. The Morgan fingerprint density at radius 1 is 0.979 bits per heavy atom. The average molecular weight is 680 g/mol. The highest BCUT2D eigenvalue weighted by atomic mass is 35.5. The summed E-state index contributed by atoms with van der Waals surface area (Å²) in [6, 6.07) is 20.4. The predicted octanol–water partition coefficient (Wildman–Crippen LogP) is 9.46. The quantitative estimate of drug-likeness (QED) is 0.220. The second-order valence-electron chi connectivity index (χ2n) is 12.6. The summed E-state index contributed by atoms with van der Waals surface area (Å²) in [5.41, 5.74) is 2.64. The molecule has 1 fully saturated rings. The molecule has 7 nitrogen and oxygen atoms in total. The number of thiophene rings is 1. The summed E-state index contributed by atoms with van der Waals surface area (Å²) in [4.78, 5) is 40.1. The lowest BCUT2D eigenvalue weighted by Gasteiger charge is -2.34. The zero-order valence-electron chi connectivity index (χ0n) is 27.9. The van der Waals surface area contributed by atoms with Crippen LogP contribution in [0, 0.1) is 5.82 Å². The fourth-order valence-corrected chi connectivity index (χ4v) is 6.96. The molecule has 1 aliphatic carbocycles. The summed E-state index contributed by atoms with van der Waals surface area (Å²) in [6.45, 7) is 7.16. The molecule has 3 amide bonds. The molecule has 0 saturated heterocycles. The van der Waals surface area contributed by atoms with Crippen molar-refractivity contribution >= 4 is 56.6 Å². The van der Waals surface area contributed by atoms with E-state index in [9.17, 15) is 14.4 Å². The van der Waals surface area contributed by atoms with E-state index >= 15 is 4.39 Å². The van der Waals surface area contributed by atoms with Crippen molar-refractivity contribution in [1.82, 2.24) is 10.2 Å². The van der Waals surface area contributed by atoms with Gasteiger partial charge in [0, 0.05) is 54.9 Å². The molecule has 10 heteroatoms. The van der Waals surface area contributed by atoms with E-state index in [1.165, 1.54) is 31.4 Å². The van der Waals surface area contributed by atoms with Crippen molar-refractivity contribution < 1.29 is 23.5 Å². The number of carbonyl (C=O) groups excluding carboxylic acids is 3. The number of nitrogens with one attached hydrogen (secondary N) is 1. The molecule has 3 aromatic carbocycles. The van der Waals surface area contributed by atoms with Gasteiger partial charge in [0.15, 0.2) is 0 Å². The standard InChI is InChI=1S/C31H30ClFN2O2S.C6H13NO2/c1-20(36)34(2)24-15-12-21(13-16-24)22-14-17-27(33)23(18-22)19-35(25-8-4-3-5-9-25)31(37)30-29(32)26-10-6-7-11-28(26)38-30;1-6(2,3)9-5(8)7-4/h6-7,10-18,25H,3-5,8-9,19H2,1-2H3;1-4H3,(H,7,8). The number of halogens is 2. The van der Waals surface area contributed by atoms with Gasteiger partial charge in [0.2, 0.25) is 5.91 Å². The van der Waals surface area contributed by atoms with Crippen LogP contribution in [0.25, 0.3) is 21.2 Å². The first kappa shape index (κ1) is 35.9. The molecule has 1 aliphatic rings. The van der Waals surface area contributed by atoms with Gasteiger partial charge < -0.3 is 19.9 Å². The molecule has 5 rings (SSSR count). The second-order valence-corrected chi connectivity index (χ2v) is 14.1. The molecule has 0 bridgehead atoms. The number of hydrogen-bond acceptors (Lipinski definition) is 5. The van der Waals surface area contributed by atoms with Crippen LogP contribution in [0.5, 0.6) is 0 Å². The van der Waals surface area contributed by atoms with Gasteiger partial charge in [0.25, 0.3) is 5.91 Å². The van der Waals surface area contributed by atoms with E-state index in [-0.39, 0.29) is 41.9 Å². The van der Waals surface area contributed by atoms with Gasteiger partial charge in [-0.25, -0.2) is 9.18 Å². The van der Waals surface area contributed by atoms with Crippen LogP contribution in [0.4, 0.5) is 14.9 Å². The van der Waals surface area contributed by atoms with Crippen molar-refractivity contribution in [2.45, 2.75) is 78.0 Å². The average Bonchev–Trinajstić information content (AvgIpc) is 3.39. The van der Waals surface area contributed by atoms with Crippen molar-refractivity contribution in [1.29, 1.82) is 0 Å². The molecule has 0 unspecified atom stereocenters. The third-order valence-electron chi connectivity index (χ3n) is 8.06. The zero-order valence-corrected chi connectivity index (χ0v) is 29.4. The first-order valence-electron chi connectivity index (χ1n) is 15.8. The first-order valence-corrected chi connectivity index (χ1v) is 17.0. The van der Waals surface area contributed by atoms with Crippen molar-refractivity contribution in [3.05, 3.63) is 88.0 Å². The van der Waals surface area contributed by atoms with Gasteiger partial charge in [-0.15, -0.1) is 11.3 Å². The molecule has 0 atom stereocenters. The Bertz CT molecular complexity index is 1710. The minimum Gasteiger partial charge on any atom is -0.444 e. The van der Waals surface area contributed by atoms with E-state index in [1.807, 2.05) is 80.3 Å². The van der Waals surface area contributed by atoms with Gasteiger partial charge in [0.05, 0.1) is 5.02 Å². The maximum Gasteiger partial charge on any atom is 0.407 e. The predicted molar refractivity (Wildman–Crippen MR) is 190 cm³/mol. The number of carbonyl (C=O) groups is 3. The third kappa shape index (κ3) is 9.32. The lowest BCUT2D eigenvalue weighted by molar-refractivity contribution is -0.116. The molecule has 0 spiro atoms. The van der Waals surface area contributed by atoms with E-state index in [4.69, 9.17) is 16.3 Å². The summed E-state index contributed by atoms with van der Waals surface area (Å²) in [5, 5.41) is 3.71. The van der Waals surface area contributed by atoms with Gasteiger partial charge in [-0.2, -0.15) is 0 Å². The normalized spacial score (nSPS) is 13.4. The highest BCUT2D eigenvalue weighted by molar-refractivity contribution is 7.21. The SMILES string of the molecule is CC(=O)N(C)c1ccc(-c2ccc(F)c(CN(C(=O)c3sc4ccccc4c3Cl)C3CCCCC3)c2)cc1.CNC(=O)OC(C)(C)C. The van der Waals surface area contributed by atoms with Gasteiger partial charge >= 0.3 is 6.09 Å². The molecular formula is C37H43ClFN3O4S. The number of anilines is 1. The Kier molecular flexibility index (Phi) is 12.0. The Balaban J connectivity index is 0.000000488. The van der Waals surface area contributed by atoms with Gasteiger partial charge in [0.1, 0.15) is 16.3 Å². The topological polar surface area (TPSA) is 79.0 Å². The third-order valence-corrected chi connectivity index (χ3v) is 9.72. The number of ether oxygens (including phenoxy) is 1. The molecule has 1 saturated carbocycles. The second kappa shape index (κ2) is 15.8. The number of rotatable bonds is 6. The highest BCUT2D eigenvalue weighted by Crippen LogP contribution is 2.38. The van der Waals surface area contributed by atoms with E-state index in [0.29, 0.717) is 15.5 Å². The monoisotopic (exact) mass is 679 g/mol. The maximum atomic E-state index is 15.2. The summed E-state index contributed by atoms with van der Waals surface area (Å²) >= 11 is 8.09. The van der Waals surface area contributed by atoms with Gasteiger partial charge in [-0.05, 0) is 75.1 Å². The zero-order chi connectivity index (χ0) is 34.3. The molecule has 1 aromatic heterocycles. The number of amides is 3. The lowest BCUT2D eigenvalue weighted by Crippen LogP contribution is -2.41. The van der Waals surface area contributed by atoms with E-state index in [1.54, 1.807) is 18.0 Å². The van der Waals surface area contributed by atoms with Gasteiger partial charge in [-0.1, -0.05) is 67.3 Å². The number of fused-ring (bicyclic) bond motifs is 1. The van der Waals surface area contributed by atoms with Crippen molar-refractivity contribution in [2.75, 3.05) is 19.0 Å². The van der Waals surface area contributed by atoms with Crippen LogP contribution < -0.4 is 10.2 Å². The van der Waals surface area contributed by atoms with Crippen molar-refractivity contribution in [3.63, 3.8) is 0 Å². The fourth-order valence-electron chi connectivity index (χ4n) is 5.49. The lowest BCUT2D eigenvalue weighted by atomic mass is 9.93. The highest BCUT2D eigenvalue weighted by Gasteiger charge is 2.30. The van der Waals surface area contributed by atoms with Crippen LogP contribution >= 0.6 is 22.9 Å². The Hall–Kier alpha value is -3.95. The van der Waals surface area contributed by atoms with E-state index in [2.05, 4.69) is 5.32 Å². The molecule has 0 radical (unpaired) electrons.